The van der Waals surface area contributed by atoms with Gasteiger partial charge in [-0.3, -0.25) is 0 Å². The SMILES string of the molecule is CCCNCC(Cc1cc(Br)ccc1F)C(C)(C)C. The van der Waals surface area contributed by atoms with Gasteiger partial charge in [-0.2, -0.15) is 0 Å². The standard InChI is InChI=1S/C16H25BrFN/c1-5-8-19-11-13(16(2,3)4)9-12-10-14(17)6-7-15(12)18/h6-7,10,13,19H,5,8-9,11H2,1-4H3. The van der Waals surface area contributed by atoms with E-state index in [2.05, 4.69) is 48.9 Å². The smallest absolute Gasteiger partial charge is 0.126 e. The average molecular weight is 330 g/mol. The Morgan fingerprint density at radius 1 is 1.32 bits per heavy atom. The fourth-order valence-electron chi connectivity index (χ4n) is 2.10. The van der Waals surface area contributed by atoms with Crippen LogP contribution in [0.1, 0.15) is 39.7 Å². The van der Waals surface area contributed by atoms with Crippen LogP contribution >= 0.6 is 15.9 Å². The van der Waals surface area contributed by atoms with Gasteiger partial charge in [-0.15, -0.1) is 0 Å². The molecule has 0 saturated carbocycles. The maximum atomic E-state index is 13.9. The molecule has 1 unspecified atom stereocenters. The summed E-state index contributed by atoms with van der Waals surface area (Å²) in [5.74, 6) is 0.316. The zero-order valence-corrected chi connectivity index (χ0v) is 14.0. The highest BCUT2D eigenvalue weighted by Crippen LogP contribution is 2.30. The van der Waals surface area contributed by atoms with Crippen molar-refractivity contribution >= 4 is 15.9 Å². The van der Waals surface area contributed by atoms with Crippen LogP contribution in [-0.4, -0.2) is 13.1 Å². The summed E-state index contributed by atoms with van der Waals surface area (Å²) in [5, 5.41) is 3.46. The van der Waals surface area contributed by atoms with Gasteiger partial charge >= 0.3 is 0 Å². The molecule has 0 saturated heterocycles. The quantitative estimate of drug-likeness (QED) is 0.739. The number of nitrogens with one attached hydrogen (secondary N) is 1. The highest BCUT2D eigenvalue weighted by Gasteiger charge is 2.25. The van der Waals surface area contributed by atoms with Gasteiger partial charge in [-0.1, -0.05) is 43.6 Å². The molecule has 1 atom stereocenters. The number of hydrogen-bond donors (Lipinski definition) is 1. The molecule has 0 spiro atoms. The Morgan fingerprint density at radius 2 is 2.00 bits per heavy atom. The molecule has 1 N–H and O–H groups in total. The molecule has 0 amide bonds. The second-order valence-corrected chi connectivity index (χ2v) is 7.12. The van der Waals surface area contributed by atoms with Crippen LogP contribution in [-0.2, 0) is 6.42 Å². The van der Waals surface area contributed by atoms with Gasteiger partial charge in [-0.25, -0.2) is 4.39 Å². The highest BCUT2D eigenvalue weighted by molar-refractivity contribution is 9.10. The lowest BCUT2D eigenvalue weighted by Crippen LogP contribution is -2.34. The lowest BCUT2D eigenvalue weighted by atomic mass is 9.77. The van der Waals surface area contributed by atoms with Crippen molar-refractivity contribution in [1.82, 2.24) is 5.32 Å². The van der Waals surface area contributed by atoms with Crippen LogP contribution in [0.25, 0.3) is 0 Å². The van der Waals surface area contributed by atoms with E-state index in [0.29, 0.717) is 5.92 Å². The molecule has 3 heteroatoms. The van der Waals surface area contributed by atoms with E-state index in [1.165, 1.54) is 0 Å². The topological polar surface area (TPSA) is 12.0 Å². The Morgan fingerprint density at radius 3 is 2.58 bits per heavy atom. The molecule has 0 bridgehead atoms. The van der Waals surface area contributed by atoms with Crippen molar-refractivity contribution in [3.8, 4) is 0 Å². The summed E-state index contributed by atoms with van der Waals surface area (Å²) in [5.41, 5.74) is 0.961. The molecule has 0 aliphatic rings. The van der Waals surface area contributed by atoms with Gasteiger partial charge in [0.15, 0.2) is 0 Å². The van der Waals surface area contributed by atoms with Gasteiger partial charge in [-0.05, 0) is 61.0 Å². The zero-order chi connectivity index (χ0) is 14.5. The van der Waals surface area contributed by atoms with E-state index in [-0.39, 0.29) is 11.2 Å². The Hall–Kier alpha value is -0.410. The molecule has 0 radical (unpaired) electrons. The van der Waals surface area contributed by atoms with Crippen molar-refractivity contribution in [2.45, 2.75) is 40.5 Å². The molecule has 1 aromatic rings. The Balaban J connectivity index is 2.79. The number of benzene rings is 1. The van der Waals surface area contributed by atoms with E-state index in [9.17, 15) is 4.39 Å². The lowest BCUT2D eigenvalue weighted by Gasteiger charge is -2.31. The molecule has 108 valence electrons. The molecule has 0 aliphatic carbocycles. The summed E-state index contributed by atoms with van der Waals surface area (Å²) in [6, 6.07) is 5.19. The Bertz CT molecular complexity index is 398. The molecular formula is C16H25BrFN. The largest absolute Gasteiger partial charge is 0.316 e. The van der Waals surface area contributed by atoms with Crippen molar-refractivity contribution in [2.24, 2.45) is 11.3 Å². The molecule has 0 aliphatic heterocycles. The third-order valence-corrected chi connectivity index (χ3v) is 4.01. The van der Waals surface area contributed by atoms with Gasteiger partial charge in [0, 0.05) is 4.47 Å². The zero-order valence-electron chi connectivity index (χ0n) is 12.4. The van der Waals surface area contributed by atoms with Crippen LogP contribution in [0.3, 0.4) is 0 Å². The monoisotopic (exact) mass is 329 g/mol. The van der Waals surface area contributed by atoms with Crippen LogP contribution in [0, 0.1) is 17.2 Å². The first-order valence-corrected chi connectivity index (χ1v) is 7.78. The fraction of sp³-hybridized carbons (Fsp3) is 0.625. The van der Waals surface area contributed by atoms with Crippen molar-refractivity contribution in [3.63, 3.8) is 0 Å². The molecule has 0 fully saturated rings. The molecule has 1 nitrogen and oxygen atoms in total. The van der Waals surface area contributed by atoms with E-state index < -0.39 is 0 Å². The third kappa shape index (κ3) is 5.62. The minimum atomic E-state index is -0.104. The summed E-state index contributed by atoms with van der Waals surface area (Å²) < 4.78 is 14.8. The van der Waals surface area contributed by atoms with Crippen LogP contribution in [0.5, 0.6) is 0 Å². The number of rotatable bonds is 6. The summed E-state index contributed by atoms with van der Waals surface area (Å²) >= 11 is 3.42. The second-order valence-electron chi connectivity index (χ2n) is 6.21. The summed E-state index contributed by atoms with van der Waals surface area (Å²) in [6.07, 6.45) is 1.90. The lowest BCUT2D eigenvalue weighted by molar-refractivity contribution is 0.229. The van der Waals surface area contributed by atoms with Crippen LogP contribution in [0.2, 0.25) is 0 Å². The molecule has 1 aromatic carbocycles. The minimum absolute atomic E-state index is 0.104. The number of hydrogen-bond acceptors (Lipinski definition) is 1. The van der Waals surface area contributed by atoms with Crippen LogP contribution in [0.4, 0.5) is 4.39 Å². The fourth-order valence-corrected chi connectivity index (χ4v) is 2.51. The van der Waals surface area contributed by atoms with E-state index in [4.69, 9.17) is 0 Å². The first-order chi connectivity index (χ1) is 8.84. The molecular weight excluding hydrogens is 305 g/mol. The van der Waals surface area contributed by atoms with E-state index in [0.717, 1.165) is 36.0 Å². The predicted octanol–water partition coefficient (Wildman–Crippen LogP) is 4.79. The number of halogens is 2. The van der Waals surface area contributed by atoms with E-state index >= 15 is 0 Å². The van der Waals surface area contributed by atoms with Gasteiger partial charge in [0.1, 0.15) is 5.82 Å². The maximum Gasteiger partial charge on any atom is 0.126 e. The van der Waals surface area contributed by atoms with Crippen molar-refractivity contribution < 1.29 is 4.39 Å². The van der Waals surface area contributed by atoms with Gasteiger partial charge in [0.25, 0.3) is 0 Å². The van der Waals surface area contributed by atoms with Crippen molar-refractivity contribution in [2.75, 3.05) is 13.1 Å². The predicted molar refractivity (Wildman–Crippen MR) is 83.9 cm³/mol. The van der Waals surface area contributed by atoms with Gasteiger partial charge in [0.05, 0.1) is 0 Å². The molecule has 0 aromatic heterocycles. The van der Waals surface area contributed by atoms with E-state index in [1.54, 1.807) is 12.1 Å². The maximum absolute atomic E-state index is 13.9. The molecule has 0 heterocycles. The van der Waals surface area contributed by atoms with Crippen LogP contribution < -0.4 is 5.32 Å². The van der Waals surface area contributed by atoms with Gasteiger partial charge in [0.2, 0.25) is 0 Å². The second kappa shape index (κ2) is 7.39. The Labute approximate surface area is 125 Å². The summed E-state index contributed by atoms with van der Waals surface area (Å²) in [4.78, 5) is 0. The average Bonchev–Trinajstić information content (AvgIpc) is 2.31. The van der Waals surface area contributed by atoms with Crippen LogP contribution in [0.15, 0.2) is 22.7 Å². The Kier molecular flexibility index (Phi) is 6.48. The van der Waals surface area contributed by atoms with E-state index in [1.807, 2.05) is 6.07 Å². The summed E-state index contributed by atoms with van der Waals surface area (Å²) in [7, 11) is 0. The first kappa shape index (κ1) is 16.6. The minimum Gasteiger partial charge on any atom is -0.316 e. The normalized spacial score (nSPS) is 13.6. The van der Waals surface area contributed by atoms with Crippen molar-refractivity contribution in [3.05, 3.63) is 34.1 Å². The van der Waals surface area contributed by atoms with Gasteiger partial charge < -0.3 is 5.32 Å². The highest BCUT2D eigenvalue weighted by atomic mass is 79.9. The molecule has 1 rings (SSSR count). The van der Waals surface area contributed by atoms with Crippen molar-refractivity contribution in [1.29, 1.82) is 0 Å². The first-order valence-electron chi connectivity index (χ1n) is 6.99. The summed E-state index contributed by atoms with van der Waals surface area (Å²) in [6.45, 7) is 10.8. The third-order valence-electron chi connectivity index (χ3n) is 3.52. The molecule has 19 heavy (non-hydrogen) atoms.